The molecule has 0 radical (unpaired) electrons. The van der Waals surface area contributed by atoms with Gasteiger partial charge >= 0.3 is 0 Å². The molecule has 0 fully saturated rings. The van der Waals surface area contributed by atoms with Crippen molar-refractivity contribution >= 4 is 23.3 Å². The Bertz CT molecular complexity index is 481. The van der Waals surface area contributed by atoms with E-state index in [2.05, 4.69) is 22.0 Å². The largest absolute Gasteiger partial charge is 0.350 e. The lowest BCUT2D eigenvalue weighted by molar-refractivity contribution is 0.325. The lowest BCUT2D eigenvalue weighted by atomic mass is 10.1. The minimum absolute atomic E-state index is 0. The Hall–Kier alpha value is -1.06. The number of halogens is 2. The van der Waals surface area contributed by atoms with Crippen molar-refractivity contribution in [2.45, 2.75) is 12.6 Å². The summed E-state index contributed by atoms with van der Waals surface area (Å²) < 4.78 is 15.6. The van der Waals surface area contributed by atoms with Gasteiger partial charge in [0.15, 0.2) is 0 Å². The molecule has 1 unspecified atom stereocenters. The summed E-state index contributed by atoms with van der Waals surface area (Å²) in [5.41, 5.74) is 2.25. The summed E-state index contributed by atoms with van der Waals surface area (Å²) in [7, 11) is 3.77. The Kier molecular flexibility index (Phi) is 4.97. The minimum Gasteiger partial charge on any atom is -0.350 e. The van der Waals surface area contributed by atoms with Crippen molar-refractivity contribution in [3.8, 4) is 0 Å². The first kappa shape index (κ1) is 14.0. The van der Waals surface area contributed by atoms with Crippen molar-refractivity contribution in [2.24, 2.45) is 7.05 Å². The normalized spacial score (nSPS) is 12.4. The van der Waals surface area contributed by atoms with Crippen LogP contribution < -0.4 is 5.32 Å². The van der Waals surface area contributed by atoms with Gasteiger partial charge in [-0.05, 0) is 18.7 Å². The Morgan fingerprint density at radius 1 is 1.35 bits per heavy atom. The molecule has 0 aliphatic heterocycles. The van der Waals surface area contributed by atoms with E-state index in [1.807, 2.05) is 25.4 Å². The van der Waals surface area contributed by atoms with E-state index in [1.54, 1.807) is 7.05 Å². The summed E-state index contributed by atoms with van der Waals surface area (Å²) in [6, 6.07) is 8.12. The number of hydrogen-bond donors (Lipinski definition) is 1. The standard InChI is InChI=1S/C13H17FN2.ClH/c1-15-8-11(14)7-10-9-16(2)13-6-4-3-5-12(10)13;/h3-6,9,11,15H,7-8H2,1-2H3;1H. The molecule has 0 bridgehead atoms. The Balaban J connectivity index is 0.00000144. The zero-order valence-corrected chi connectivity index (χ0v) is 10.9. The third kappa shape index (κ3) is 2.99. The number of alkyl halides is 1. The minimum atomic E-state index is -0.823. The van der Waals surface area contributed by atoms with E-state index in [1.165, 1.54) is 0 Å². The average molecular weight is 257 g/mol. The van der Waals surface area contributed by atoms with Gasteiger partial charge in [0.2, 0.25) is 0 Å². The summed E-state index contributed by atoms with van der Waals surface area (Å²) in [4.78, 5) is 0. The number of aryl methyl sites for hydroxylation is 1. The second-order valence-corrected chi connectivity index (χ2v) is 4.14. The van der Waals surface area contributed by atoms with E-state index in [0.717, 1.165) is 16.5 Å². The molecule has 1 heterocycles. The van der Waals surface area contributed by atoms with E-state index < -0.39 is 6.17 Å². The van der Waals surface area contributed by atoms with Crippen LogP contribution >= 0.6 is 12.4 Å². The highest BCUT2D eigenvalue weighted by Gasteiger charge is 2.11. The molecule has 2 rings (SSSR count). The van der Waals surface area contributed by atoms with Crippen LogP contribution in [0.3, 0.4) is 0 Å². The van der Waals surface area contributed by atoms with Gasteiger partial charge < -0.3 is 9.88 Å². The summed E-state index contributed by atoms with van der Waals surface area (Å²) >= 11 is 0. The molecule has 1 N–H and O–H groups in total. The molecule has 0 saturated heterocycles. The molecule has 0 amide bonds. The van der Waals surface area contributed by atoms with Gasteiger partial charge in [-0.2, -0.15) is 0 Å². The first-order valence-electron chi connectivity index (χ1n) is 5.54. The van der Waals surface area contributed by atoms with Crippen LogP contribution in [0.2, 0.25) is 0 Å². The van der Waals surface area contributed by atoms with E-state index in [9.17, 15) is 4.39 Å². The predicted octanol–water partition coefficient (Wildman–Crippen LogP) is 2.70. The smallest absolute Gasteiger partial charge is 0.117 e. The van der Waals surface area contributed by atoms with Gasteiger partial charge in [-0.3, -0.25) is 0 Å². The third-order valence-corrected chi connectivity index (χ3v) is 2.85. The maximum atomic E-state index is 13.6. The number of rotatable bonds is 4. The Labute approximate surface area is 107 Å². The molecule has 0 aliphatic carbocycles. The zero-order chi connectivity index (χ0) is 11.5. The van der Waals surface area contributed by atoms with Crippen molar-refractivity contribution < 1.29 is 4.39 Å². The average Bonchev–Trinajstić information content (AvgIpc) is 2.57. The second kappa shape index (κ2) is 6.03. The molecule has 94 valence electrons. The van der Waals surface area contributed by atoms with Gasteiger partial charge in [-0.15, -0.1) is 12.4 Å². The molecular formula is C13H18ClFN2. The maximum absolute atomic E-state index is 13.6. The van der Waals surface area contributed by atoms with Crippen LogP contribution in [0.4, 0.5) is 4.39 Å². The van der Waals surface area contributed by atoms with Crippen molar-refractivity contribution in [2.75, 3.05) is 13.6 Å². The fourth-order valence-corrected chi connectivity index (χ4v) is 2.12. The highest BCUT2D eigenvalue weighted by molar-refractivity contribution is 5.85. The van der Waals surface area contributed by atoms with Crippen LogP contribution in [0.1, 0.15) is 5.56 Å². The summed E-state index contributed by atoms with van der Waals surface area (Å²) in [5, 5.41) is 4.02. The molecule has 2 nitrogen and oxygen atoms in total. The molecular weight excluding hydrogens is 239 g/mol. The monoisotopic (exact) mass is 256 g/mol. The van der Waals surface area contributed by atoms with Crippen molar-refractivity contribution in [3.63, 3.8) is 0 Å². The summed E-state index contributed by atoms with van der Waals surface area (Å²) in [5.74, 6) is 0. The van der Waals surface area contributed by atoms with Gasteiger partial charge in [0.25, 0.3) is 0 Å². The van der Waals surface area contributed by atoms with Gasteiger partial charge in [-0.25, -0.2) is 4.39 Å². The fourth-order valence-electron chi connectivity index (χ4n) is 2.12. The molecule has 0 spiro atoms. The van der Waals surface area contributed by atoms with Crippen molar-refractivity contribution in [1.82, 2.24) is 9.88 Å². The van der Waals surface area contributed by atoms with Crippen LogP contribution in [0, 0.1) is 0 Å². The van der Waals surface area contributed by atoms with Crippen molar-refractivity contribution in [1.29, 1.82) is 0 Å². The molecule has 17 heavy (non-hydrogen) atoms. The SMILES string of the molecule is CNCC(F)Cc1cn(C)c2ccccc12.Cl. The fraction of sp³-hybridized carbons (Fsp3) is 0.385. The number of aromatic nitrogens is 1. The molecule has 1 atom stereocenters. The molecule has 0 aliphatic rings. The second-order valence-electron chi connectivity index (χ2n) is 4.14. The van der Waals surface area contributed by atoms with Gasteiger partial charge in [0.05, 0.1) is 0 Å². The number of para-hydroxylation sites is 1. The predicted molar refractivity (Wildman–Crippen MR) is 72.7 cm³/mol. The third-order valence-electron chi connectivity index (χ3n) is 2.85. The molecule has 4 heteroatoms. The van der Waals surface area contributed by atoms with Crippen LogP contribution in [-0.2, 0) is 13.5 Å². The maximum Gasteiger partial charge on any atom is 0.117 e. The van der Waals surface area contributed by atoms with Crippen LogP contribution in [0.25, 0.3) is 10.9 Å². The first-order chi connectivity index (χ1) is 7.72. The first-order valence-corrected chi connectivity index (χ1v) is 5.54. The topological polar surface area (TPSA) is 17.0 Å². The molecule has 2 aromatic rings. The van der Waals surface area contributed by atoms with E-state index in [0.29, 0.717) is 13.0 Å². The Morgan fingerprint density at radius 3 is 2.76 bits per heavy atom. The number of nitrogens with zero attached hydrogens (tertiary/aromatic N) is 1. The van der Waals surface area contributed by atoms with E-state index in [-0.39, 0.29) is 12.4 Å². The van der Waals surface area contributed by atoms with Crippen LogP contribution in [0.15, 0.2) is 30.5 Å². The lowest BCUT2D eigenvalue weighted by Gasteiger charge is -2.05. The lowest BCUT2D eigenvalue weighted by Crippen LogP contribution is -2.21. The molecule has 0 saturated carbocycles. The Morgan fingerprint density at radius 2 is 2.06 bits per heavy atom. The van der Waals surface area contributed by atoms with Crippen molar-refractivity contribution in [3.05, 3.63) is 36.0 Å². The highest BCUT2D eigenvalue weighted by atomic mass is 35.5. The number of hydrogen-bond acceptors (Lipinski definition) is 1. The number of nitrogens with one attached hydrogen (secondary N) is 1. The summed E-state index contributed by atoms with van der Waals surface area (Å²) in [6.07, 6.45) is 1.67. The number of benzene rings is 1. The summed E-state index contributed by atoms with van der Waals surface area (Å²) in [6.45, 7) is 0.406. The number of fused-ring (bicyclic) bond motifs is 1. The van der Waals surface area contributed by atoms with Gasteiger partial charge in [0.1, 0.15) is 6.17 Å². The molecule has 1 aromatic carbocycles. The van der Waals surface area contributed by atoms with Crippen LogP contribution in [0.5, 0.6) is 0 Å². The molecule has 1 aromatic heterocycles. The van der Waals surface area contributed by atoms with Gasteiger partial charge in [0, 0.05) is 37.1 Å². The highest BCUT2D eigenvalue weighted by Crippen LogP contribution is 2.21. The quantitative estimate of drug-likeness (QED) is 0.890. The zero-order valence-electron chi connectivity index (χ0n) is 10.1. The van der Waals surface area contributed by atoms with Gasteiger partial charge in [-0.1, -0.05) is 18.2 Å². The van der Waals surface area contributed by atoms with E-state index >= 15 is 0 Å². The van der Waals surface area contributed by atoms with Crippen LogP contribution in [-0.4, -0.2) is 24.3 Å². The van der Waals surface area contributed by atoms with E-state index in [4.69, 9.17) is 0 Å².